The number of thiazole rings is 1. The van der Waals surface area contributed by atoms with Crippen LogP contribution in [0.4, 0.5) is 0 Å². The van der Waals surface area contributed by atoms with Gasteiger partial charge in [-0.05, 0) is 31.9 Å². The third-order valence-electron chi connectivity index (χ3n) is 3.56. The van der Waals surface area contributed by atoms with Crippen molar-refractivity contribution in [1.29, 1.82) is 0 Å². The number of pyridine rings is 1. The second kappa shape index (κ2) is 8.03. The standard InChI is InChI=1S/C17H23N3OS/c1-4-5-9-15-19-13(2)16(22-15)17(21)20(3)12-10-14-8-6-7-11-18-14/h6-8,11H,4-5,9-10,12H2,1-3H3. The topological polar surface area (TPSA) is 46.1 Å². The minimum absolute atomic E-state index is 0.0636. The van der Waals surface area contributed by atoms with Crippen LogP contribution in [0, 0.1) is 6.92 Å². The van der Waals surface area contributed by atoms with Crippen molar-refractivity contribution in [3.63, 3.8) is 0 Å². The maximum Gasteiger partial charge on any atom is 0.265 e. The Bertz CT molecular complexity index is 610. The van der Waals surface area contributed by atoms with Crippen LogP contribution in [0.1, 0.15) is 45.8 Å². The highest BCUT2D eigenvalue weighted by Gasteiger charge is 2.18. The van der Waals surface area contributed by atoms with Crippen molar-refractivity contribution in [1.82, 2.24) is 14.9 Å². The molecule has 0 aliphatic carbocycles. The molecule has 0 radical (unpaired) electrons. The molecule has 0 bridgehead atoms. The van der Waals surface area contributed by atoms with Gasteiger partial charge in [-0.25, -0.2) is 4.98 Å². The molecule has 2 aromatic rings. The molecule has 0 unspecified atom stereocenters. The van der Waals surface area contributed by atoms with Crippen LogP contribution in [0.15, 0.2) is 24.4 Å². The van der Waals surface area contributed by atoms with Gasteiger partial charge in [0, 0.05) is 31.9 Å². The quantitative estimate of drug-likeness (QED) is 0.785. The smallest absolute Gasteiger partial charge is 0.265 e. The van der Waals surface area contributed by atoms with E-state index in [9.17, 15) is 4.79 Å². The summed E-state index contributed by atoms with van der Waals surface area (Å²) in [4.78, 5) is 23.9. The molecule has 22 heavy (non-hydrogen) atoms. The molecule has 0 aliphatic heterocycles. The number of unbranched alkanes of at least 4 members (excludes halogenated alkanes) is 1. The van der Waals surface area contributed by atoms with Gasteiger partial charge in [0.25, 0.3) is 5.91 Å². The van der Waals surface area contributed by atoms with Crippen LogP contribution in [0.2, 0.25) is 0 Å². The van der Waals surface area contributed by atoms with Gasteiger partial charge in [-0.2, -0.15) is 0 Å². The third-order valence-corrected chi connectivity index (χ3v) is 4.76. The summed E-state index contributed by atoms with van der Waals surface area (Å²) in [7, 11) is 1.84. The summed E-state index contributed by atoms with van der Waals surface area (Å²) >= 11 is 1.54. The molecule has 0 fully saturated rings. The first-order valence-electron chi connectivity index (χ1n) is 7.73. The van der Waals surface area contributed by atoms with E-state index in [2.05, 4.69) is 16.9 Å². The minimum atomic E-state index is 0.0636. The summed E-state index contributed by atoms with van der Waals surface area (Å²) in [5.41, 5.74) is 1.86. The maximum absolute atomic E-state index is 12.5. The number of aromatic nitrogens is 2. The number of hydrogen-bond acceptors (Lipinski definition) is 4. The van der Waals surface area contributed by atoms with E-state index < -0.39 is 0 Å². The van der Waals surface area contributed by atoms with Crippen molar-refractivity contribution in [2.45, 2.75) is 39.5 Å². The monoisotopic (exact) mass is 317 g/mol. The van der Waals surface area contributed by atoms with Crippen molar-refractivity contribution in [3.8, 4) is 0 Å². The van der Waals surface area contributed by atoms with Crippen LogP contribution in [-0.4, -0.2) is 34.4 Å². The number of amides is 1. The normalized spacial score (nSPS) is 10.7. The molecule has 2 rings (SSSR count). The molecule has 0 atom stereocenters. The van der Waals surface area contributed by atoms with Gasteiger partial charge in [0.05, 0.1) is 10.7 Å². The number of carbonyl (C=O) groups is 1. The van der Waals surface area contributed by atoms with Gasteiger partial charge in [-0.15, -0.1) is 11.3 Å². The molecule has 2 aromatic heterocycles. The second-order valence-corrected chi connectivity index (χ2v) is 6.51. The lowest BCUT2D eigenvalue weighted by Gasteiger charge is -2.16. The van der Waals surface area contributed by atoms with E-state index in [-0.39, 0.29) is 5.91 Å². The fourth-order valence-corrected chi connectivity index (χ4v) is 3.29. The van der Waals surface area contributed by atoms with Crippen molar-refractivity contribution in [3.05, 3.63) is 45.7 Å². The van der Waals surface area contributed by atoms with E-state index in [1.54, 1.807) is 11.1 Å². The van der Waals surface area contributed by atoms with Crippen LogP contribution in [-0.2, 0) is 12.8 Å². The highest BCUT2D eigenvalue weighted by Crippen LogP contribution is 2.21. The maximum atomic E-state index is 12.5. The lowest BCUT2D eigenvalue weighted by Crippen LogP contribution is -2.28. The Morgan fingerprint density at radius 2 is 2.14 bits per heavy atom. The Morgan fingerprint density at radius 1 is 1.32 bits per heavy atom. The molecule has 0 spiro atoms. The lowest BCUT2D eigenvalue weighted by atomic mass is 10.2. The van der Waals surface area contributed by atoms with Crippen LogP contribution < -0.4 is 0 Å². The molecular formula is C17H23N3OS. The van der Waals surface area contributed by atoms with Crippen molar-refractivity contribution in [2.24, 2.45) is 0 Å². The number of carbonyl (C=O) groups excluding carboxylic acids is 1. The minimum Gasteiger partial charge on any atom is -0.341 e. The fourth-order valence-electron chi connectivity index (χ4n) is 2.19. The molecule has 118 valence electrons. The summed E-state index contributed by atoms with van der Waals surface area (Å²) in [5.74, 6) is 0.0636. The SMILES string of the molecule is CCCCc1nc(C)c(C(=O)N(C)CCc2ccccn2)s1. The molecular weight excluding hydrogens is 294 g/mol. The fraction of sp³-hybridized carbons (Fsp3) is 0.471. The van der Waals surface area contributed by atoms with Crippen molar-refractivity contribution in [2.75, 3.05) is 13.6 Å². The summed E-state index contributed by atoms with van der Waals surface area (Å²) in [6.45, 7) is 4.75. The highest BCUT2D eigenvalue weighted by atomic mass is 32.1. The Labute approximate surface area is 136 Å². The molecule has 0 saturated heterocycles. The number of rotatable bonds is 7. The zero-order chi connectivity index (χ0) is 15.9. The molecule has 2 heterocycles. The summed E-state index contributed by atoms with van der Waals surface area (Å²) < 4.78 is 0. The first kappa shape index (κ1) is 16.6. The molecule has 4 nitrogen and oxygen atoms in total. The molecule has 1 amide bonds. The van der Waals surface area contributed by atoms with Crippen molar-refractivity contribution >= 4 is 17.2 Å². The third kappa shape index (κ3) is 4.37. The predicted molar refractivity (Wildman–Crippen MR) is 90.4 cm³/mol. The van der Waals surface area contributed by atoms with E-state index in [1.807, 2.05) is 32.2 Å². The molecule has 0 aliphatic rings. The van der Waals surface area contributed by atoms with Crippen molar-refractivity contribution < 1.29 is 4.79 Å². The molecule has 0 aromatic carbocycles. The largest absolute Gasteiger partial charge is 0.341 e. The van der Waals surface area contributed by atoms with Gasteiger partial charge in [0.2, 0.25) is 0 Å². The lowest BCUT2D eigenvalue weighted by molar-refractivity contribution is 0.0800. The number of likely N-dealkylation sites (N-methyl/N-ethyl adjacent to an activating group) is 1. The zero-order valence-electron chi connectivity index (χ0n) is 13.5. The van der Waals surface area contributed by atoms with Gasteiger partial charge in [-0.3, -0.25) is 9.78 Å². The number of aryl methyl sites for hydroxylation is 2. The van der Waals surface area contributed by atoms with Gasteiger partial charge < -0.3 is 4.90 Å². The van der Waals surface area contributed by atoms with E-state index in [1.165, 1.54) is 11.3 Å². The summed E-state index contributed by atoms with van der Waals surface area (Å²) in [6, 6.07) is 5.85. The van der Waals surface area contributed by atoms with E-state index in [0.717, 1.165) is 47.0 Å². The summed E-state index contributed by atoms with van der Waals surface area (Å²) in [5, 5.41) is 1.07. The Morgan fingerprint density at radius 3 is 2.82 bits per heavy atom. The highest BCUT2D eigenvalue weighted by molar-refractivity contribution is 7.13. The van der Waals surface area contributed by atoms with Crippen LogP contribution in [0.3, 0.4) is 0 Å². The van der Waals surface area contributed by atoms with E-state index in [0.29, 0.717) is 6.54 Å². The Hall–Kier alpha value is -1.75. The van der Waals surface area contributed by atoms with Crippen LogP contribution >= 0.6 is 11.3 Å². The molecule has 5 heteroatoms. The number of hydrogen-bond donors (Lipinski definition) is 0. The number of nitrogens with zero attached hydrogens (tertiary/aromatic N) is 3. The first-order valence-corrected chi connectivity index (χ1v) is 8.55. The summed E-state index contributed by atoms with van der Waals surface area (Å²) in [6.07, 6.45) is 5.78. The molecule has 0 saturated carbocycles. The first-order chi connectivity index (χ1) is 10.6. The van der Waals surface area contributed by atoms with Gasteiger partial charge >= 0.3 is 0 Å². The second-order valence-electron chi connectivity index (χ2n) is 5.42. The van der Waals surface area contributed by atoms with Gasteiger partial charge in [0.1, 0.15) is 4.88 Å². The zero-order valence-corrected chi connectivity index (χ0v) is 14.3. The predicted octanol–water partition coefficient (Wildman–Crippen LogP) is 3.50. The van der Waals surface area contributed by atoms with Crippen LogP contribution in [0.5, 0.6) is 0 Å². The average Bonchev–Trinajstić information content (AvgIpc) is 2.91. The Kier molecular flexibility index (Phi) is 6.07. The average molecular weight is 317 g/mol. The Balaban J connectivity index is 1.96. The van der Waals surface area contributed by atoms with E-state index in [4.69, 9.17) is 0 Å². The molecule has 0 N–H and O–H groups in total. The van der Waals surface area contributed by atoms with Gasteiger partial charge in [-0.1, -0.05) is 19.4 Å². The van der Waals surface area contributed by atoms with E-state index >= 15 is 0 Å². The van der Waals surface area contributed by atoms with Crippen LogP contribution in [0.25, 0.3) is 0 Å². The van der Waals surface area contributed by atoms with Gasteiger partial charge in [0.15, 0.2) is 0 Å².